The molecule has 2 unspecified atom stereocenters. The molecule has 2 atom stereocenters. The summed E-state index contributed by atoms with van der Waals surface area (Å²) in [7, 11) is 2.32. The largest absolute Gasteiger partial charge is 0.500 e. The molecule has 0 saturated heterocycles. The molecule has 0 amide bonds. The van der Waals surface area contributed by atoms with Crippen molar-refractivity contribution in [3.63, 3.8) is 0 Å². The molecule has 0 aliphatic heterocycles. The average molecular weight is 338 g/mol. The highest BCUT2D eigenvalue weighted by Crippen LogP contribution is 2.14. The normalized spacial score (nSPS) is 15.3. The van der Waals surface area contributed by atoms with E-state index in [2.05, 4.69) is 26.1 Å². The molecule has 6 nitrogen and oxygen atoms in total. The van der Waals surface area contributed by atoms with Crippen LogP contribution in [0.4, 0.5) is 0 Å². The fourth-order valence-corrected chi connectivity index (χ4v) is 4.04. The predicted molar refractivity (Wildman–Crippen MR) is 90.0 cm³/mol. The predicted octanol–water partition coefficient (Wildman–Crippen LogP) is 1.66. The number of hydrogen-bond donors (Lipinski definition) is 2. The van der Waals surface area contributed by atoms with Crippen LogP contribution in [0.5, 0.6) is 0 Å². The van der Waals surface area contributed by atoms with Gasteiger partial charge in [0.2, 0.25) is 0 Å². The molecule has 0 aromatic carbocycles. The average Bonchev–Trinajstić information content (AvgIpc) is 2.49. The van der Waals surface area contributed by atoms with E-state index in [1.807, 2.05) is 0 Å². The van der Waals surface area contributed by atoms with Gasteiger partial charge in [0, 0.05) is 46.6 Å². The molecule has 0 heterocycles. The lowest BCUT2D eigenvalue weighted by Gasteiger charge is -2.24. The second-order valence-corrected chi connectivity index (χ2v) is 9.16. The van der Waals surface area contributed by atoms with Crippen LogP contribution in [-0.2, 0) is 18.0 Å². The molecule has 134 valence electrons. The molecular weight excluding hydrogens is 302 g/mol. The van der Waals surface area contributed by atoms with E-state index in [0.29, 0.717) is 37.8 Å². The van der Waals surface area contributed by atoms with Crippen molar-refractivity contribution >= 4 is 8.80 Å². The summed E-state index contributed by atoms with van der Waals surface area (Å²) in [5.41, 5.74) is 0. The monoisotopic (exact) mass is 337 g/mol. The van der Waals surface area contributed by atoms with Crippen molar-refractivity contribution in [1.29, 1.82) is 0 Å². The van der Waals surface area contributed by atoms with Gasteiger partial charge in [-0.15, -0.1) is 0 Å². The van der Waals surface area contributed by atoms with Gasteiger partial charge in [0.25, 0.3) is 0 Å². The molecule has 22 heavy (non-hydrogen) atoms. The number of hydrogen-bond acceptors (Lipinski definition) is 6. The molecule has 0 rings (SSSR count). The molecule has 7 heteroatoms. The molecule has 0 radical (unpaired) electrons. The Labute approximate surface area is 136 Å². The van der Waals surface area contributed by atoms with E-state index in [4.69, 9.17) is 18.0 Å². The van der Waals surface area contributed by atoms with Crippen molar-refractivity contribution in [2.45, 2.75) is 51.8 Å². The van der Waals surface area contributed by atoms with E-state index in [-0.39, 0.29) is 0 Å². The molecule has 0 aliphatic carbocycles. The number of nitrogens with one attached hydrogen (secondary N) is 1. The maximum atomic E-state index is 9.88. The van der Waals surface area contributed by atoms with Gasteiger partial charge in [-0.1, -0.05) is 13.8 Å². The summed E-state index contributed by atoms with van der Waals surface area (Å²) >= 11 is 0. The highest BCUT2D eigenvalue weighted by molar-refractivity contribution is 6.60. The Morgan fingerprint density at radius 1 is 1.05 bits per heavy atom. The Morgan fingerprint density at radius 2 is 1.64 bits per heavy atom. The standard InChI is InChI=1S/C15H35NO5Si/c1-13(2)10-14(3)16-11-15(17)12-21-8-7-9-22(18-4,19-5)20-6/h13-17H,7-12H2,1-6H3. The van der Waals surface area contributed by atoms with Crippen LogP contribution in [0.2, 0.25) is 6.04 Å². The van der Waals surface area contributed by atoms with E-state index in [1.54, 1.807) is 21.3 Å². The zero-order chi connectivity index (χ0) is 17.0. The third-order valence-corrected chi connectivity index (χ3v) is 6.37. The van der Waals surface area contributed by atoms with Crippen LogP contribution < -0.4 is 5.32 Å². The maximum Gasteiger partial charge on any atom is 0.500 e. The van der Waals surface area contributed by atoms with Crippen molar-refractivity contribution in [3.8, 4) is 0 Å². The highest BCUT2D eigenvalue weighted by Gasteiger charge is 2.36. The molecule has 0 bridgehead atoms. The van der Waals surface area contributed by atoms with E-state index in [9.17, 15) is 5.11 Å². The Kier molecular flexibility index (Phi) is 12.4. The summed E-state index contributed by atoms with van der Waals surface area (Å²) in [5, 5.41) is 13.2. The SMILES string of the molecule is CO[Si](CCCOCC(O)CNC(C)CC(C)C)(OC)OC. The van der Waals surface area contributed by atoms with Crippen molar-refractivity contribution < 1.29 is 23.1 Å². The van der Waals surface area contributed by atoms with Crippen LogP contribution in [-0.4, -0.2) is 67.1 Å². The summed E-state index contributed by atoms with van der Waals surface area (Å²) < 4.78 is 21.5. The first kappa shape index (κ1) is 22.0. The molecule has 0 aromatic heterocycles. The summed E-state index contributed by atoms with van der Waals surface area (Å²) in [6.45, 7) is 7.98. The van der Waals surface area contributed by atoms with E-state index in [0.717, 1.165) is 12.8 Å². The third-order valence-electron chi connectivity index (χ3n) is 3.54. The second-order valence-electron chi connectivity index (χ2n) is 6.07. The van der Waals surface area contributed by atoms with E-state index < -0.39 is 14.9 Å². The number of aliphatic hydroxyl groups is 1. The molecule has 0 spiro atoms. The lowest BCUT2D eigenvalue weighted by molar-refractivity contribution is 0.0338. The number of aliphatic hydroxyl groups excluding tert-OH is 1. The number of rotatable bonds is 14. The fourth-order valence-electron chi connectivity index (χ4n) is 2.35. The van der Waals surface area contributed by atoms with Gasteiger partial charge in [-0.2, -0.15) is 0 Å². The fraction of sp³-hybridized carbons (Fsp3) is 1.00. The van der Waals surface area contributed by atoms with Gasteiger partial charge in [0.05, 0.1) is 12.7 Å². The minimum absolute atomic E-state index is 0.336. The first-order valence-corrected chi connectivity index (χ1v) is 9.97. The summed E-state index contributed by atoms with van der Waals surface area (Å²) in [4.78, 5) is 0. The maximum absolute atomic E-state index is 9.88. The second kappa shape index (κ2) is 12.4. The lowest BCUT2D eigenvalue weighted by atomic mass is 10.1. The zero-order valence-corrected chi connectivity index (χ0v) is 16.1. The van der Waals surface area contributed by atoms with Crippen LogP contribution in [0.15, 0.2) is 0 Å². The van der Waals surface area contributed by atoms with Crippen molar-refractivity contribution in [2.24, 2.45) is 5.92 Å². The Hall–Kier alpha value is -0.0231. The van der Waals surface area contributed by atoms with Crippen LogP contribution in [0, 0.1) is 5.92 Å². The van der Waals surface area contributed by atoms with Gasteiger partial charge < -0.3 is 28.4 Å². The van der Waals surface area contributed by atoms with Gasteiger partial charge in [-0.05, 0) is 25.7 Å². The van der Waals surface area contributed by atoms with E-state index >= 15 is 0 Å². The lowest BCUT2D eigenvalue weighted by Crippen LogP contribution is -2.42. The van der Waals surface area contributed by atoms with Crippen LogP contribution in [0.25, 0.3) is 0 Å². The van der Waals surface area contributed by atoms with Crippen molar-refractivity contribution in [1.82, 2.24) is 5.32 Å². The van der Waals surface area contributed by atoms with Gasteiger partial charge in [-0.25, -0.2) is 0 Å². The highest BCUT2D eigenvalue weighted by atomic mass is 28.4. The summed E-state index contributed by atoms with van der Waals surface area (Å²) in [6.07, 6.45) is 1.40. The molecule has 2 N–H and O–H groups in total. The summed E-state index contributed by atoms with van der Waals surface area (Å²) in [5.74, 6) is 0.655. The van der Waals surface area contributed by atoms with Crippen LogP contribution in [0.3, 0.4) is 0 Å². The number of ether oxygens (including phenoxy) is 1. The Balaban J connectivity index is 3.70. The summed E-state index contributed by atoms with van der Waals surface area (Å²) in [6, 6.07) is 1.11. The topological polar surface area (TPSA) is 69.2 Å². The molecule has 0 aromatic rings. The Bertz CT molecular complexity index is 256. The molecule has 0 aliphatic rings. The third kappa shape index (κ3) is 9.89. The van der Waals surface area contributed by atoms with Gasteiger partial charge in [0.1, 0.15) is 0 Å². The van der Waals surface area contributed by atoms with Gasteiger partial charge >= 0.3 is 8.80 Å². The first-order chi connectivity index (χ1) is 10.4. The molecule has 0 fully saturated rings. The minimum atomic E-state index is -2.50. The van der Waals surface area contributed by atoms with Gasteiger partial charge in [0.15, 0.2) is 0 Å². The van der Waals surface area contributed by atoms with E-state index in [1.165, 1.54) is 0 Å². The van der Waals surface area contributed by atoms with Crippen LogP contribution >= 0.6 is 0 Å². The molecule has 0 saturated carbocycles. The molecular formula is C15H35NO5Si. The van der Waals surface area contributed by atoms with Crippen molar-refractivity contribution in [3.05, 3.63) is 0 Å². The first-order valence-electron chi connectivity index (χ1n) is 8.03. The van der Waals surface area contributed by atoms with Crippen molar-refractivity contribution in [2.75, 3.05) is 41.1 Å². The Morgan fingerprint density at radius 3 is 2.14 bits per heavy atom. The minimum Gasteiger partial charge on any atom is -0.389 e. The van der Waals surface area contributed by atoms with Crippen LogP contribution in [0.1, 0.15) is 33.6 Å². The van der Waals surface area contributed by atoms with Gasteiger partial charge in [-0.3, -0.25) is 0 Å². The smallest absolute Gasteiger partial charge is 0.389 e. The quantitative estimate of drug-likeness (QED) is 0.371. The zero-order valence-electron chi connectivity index (χ0n) is 15.1.